The van der Waals surface area contributed by atoms with E-state index in [2.05, 4.69) is 0 Å². The topological polar surface area (TPSA) is 26.0 Å². The summed E-state index contributed by atoms with van der Waals surface area (Å²) in [5, 5.41) is 0. The molecule has 0 saturated carbocycles. The van der Waals surface area contributed by atoms with E-state index >= 15 is 0 Å². The van der Waals surface area contributed by atoms with Gasteiger partial charge in [-0.1, -0.05) is 37.6 Å². The van der Waals surface area contributed by atoms with Crippen LogP contribution < -0.4 is 5.73 Å². The van der Waals surface area contributed by atoms with Crippen LogP contribution in [0.25, 0.3) is 0 Å². The Hall–Kier alpha value is -0.960. The van der Waals surface area contributed by atoms with E-state index in [0.717, 1.165) is 18.4 Å². The molecule has 2 N–H and O–H groups in total. The SMILES string of the molecule is CCC[C@@H](N)c1ccc(C(F)F)cc1. The second-order valence-corrected chi connectivity index (χ2v) is 3.36. The summed E-state index contributed by atoms with van der Waals surface area (Å²) in [6.07, 6.45) is -0.516. The van der Waals surface area contributed by atoms with E-state index in [9.17, 15) is 8.78 Å². The standard InChI is InChI=1S/C11H15F2N/c1-2-3-10(14)8-4-6-9(7-5-8)11(12)13/h4-7,10-11H,2-3,14H2,1H3/t10-/m1/s1. The van der Waals surface area contributed by atoms with Crippen molar-refractivity contribution < 1.29 is 8.78 Å². The fraction of sp³-hybridized carbons (Fsp3) is 0.455. The summed E-state index contributed by atoms with van der Waals surface area (Å²) in [7, 11) is 0. The molecular formula is C11H15F2N. The van der Waals surface area contributed by atoms with E-state index in [0.29, 0.717) is 0 Å². The van der Waals surface area contributed by atoms with Gasteiger partial charge in [0.25, 0.3) is 6.43 Å². The maximum Gasteiger partial charge on any atom is 0.263 e. The van der Waals surface area contributed by atoms with Crippen LogP contribution in [-0.4, -0.2) is 0 Å². The van der Waals surface area contributed by atoms with Crippen LogP contribution in [0.1, 0.15) is 43.4 Å². The maximum absolute atomic E-state index is 12.2. The molecule has 14 heavy (non-hydrogen) atoms. The van der Waals surface area contributed by atoms with Gasteiger partial charge in [0.15, 0.2) is 0 Å². The van der Waals surface area contributed by atoms with Gasteiger partial charge in [-0.25, -0.2) is 8.78 Å². The van der Waals surface area contributed by atoms with Gasteiger partial charge in [-0.2, -0.15) is 0 Å². The second-order valence-electron chi connectivity index (χ2n) is 3.36. The monoisotopic (exact) mass is 199 g/mol. The van der Waals surface area contributed by atoms with Gasteiger partial charge in [0.2, 0.25) is 0 Å². The minimum Gasteiger partial charge on any atom is -0.324 e. The first kappa shape index (κ1) is 11.1. The van der Waals surface area contributed by atoms with Crippen LogP contribution in [0.4, 0.5) is 8.78 Å². The minimum absolute atomic E-state index is 0.0354. The second kappa shape index (κ2) is 5.05. The molecule has 1 atom stereocenters. The van der Waals surface area contributed by atoms with E-state index < -0.39 is 6.43 Å². The zero-order chi connectivity index (χ0) is 10.6. The lowest BCUT2D eigenvalue weighted by Crippen LogP contribution is -2.09. The van der Waals surface area contributed by atoms with Gasteiger partial charge in [0.05, 0.1) is 0 Å². The van der Waals surface area contributed by atoms with Crippen molar-refractivity contribution in [3.8, 4) is 0 Å². The van der Waals surface area contributed by atoms with Crippen molar-refractivity contribution in [2.75, 3.05) is 0 Å². The lowest BCUT2D eigenvalue weighted by molar-refractivity contribution is 0.151. The van der Waals surface area contributed by atoms with Gasteiger partial charge in [-0.15, -0.1) is 0 Å². The molecule has 0 unspecified atom stereocenters. The summed E-state index contributed by atoms with van der Waals surface area (Å²) >= 11 is 0. The molecule has 1 rings (SSSR count). The Morgan fingerprint density at radius 3 is 2.07 bits per heavy atom. The van der Waals surface area contributed by atoms with Gasteiger partial charge in [0.1, 0.15) is 0 Å². The first-order valence-corrected chi connectivity index (χ1v) is 4.78. The van der Waals surface area contributed by atoms with Crippen molar-refractivity contribution in [3.63, 3.8) is 0 Å². The Kier molecular flexibility index (Phi) is 4.01. The minimum atomic E-state index is -2.40. The Morgan fingerprint density at radius 2 is 1.64 bits per heavy atom. The Labute approximate surface area is 82.9 Å². The molecular weight excluding hydrogens is 184 g/mol. The third kappa shape index (κ3) is 2.77. The molecule has 0 aromatic heterocycles. The lowest BCUT2D eigenvalue weighted by atomic mass is 10.0. The smallest absolute Gasteiger partial charge is 0.263 e. The molecule has 0 heterocycles. The number of halogens is 2. The molecule has 0 radical (unpaired) electrons. The molecule has 1 nitrogen and oxygen atoms in total. The Balaban J connectivity index is 2.72. The number of benzene rings is 1. The predicted octanol–water partition coefficient (Wildman–Crippen LogP) is 3.42. The van der Waals surface area contributed by atoms with Crippen LogP contribution in [0, 0.1) is 0 Å². The lowest BCUT2D eigenvalue weighted by Gasteiger charge is -2.10. The number of alkyl halides is 2. The maximum atomic E-state index is 12.2. The summed E-state index contributed by atoms with van der Waals surface area (Å²) in [5.41, 5.74) is 6.82. The average molecular weight is 199 g/mol. The Bertz CT molecular complexity index is 269. The molecule has 0 aliphatic rings. The predicted molar refractivity (Wildman–Crippen MR) is 53.2 cm³/mol. The van der Waals surface area contributed by atoms with E-state index in [1.807, 2.05) is 6.92 Å². The quantitative estimate of drug-likeness (QED) is 0.789. The summed E-state index contributed by atoms with van der Waals surface area (Å²) < 4.78 is 24.4. The first-order valence-electron chi connectivity index (χ1n) is 4.78. The van der Waals surface area contributed by atoms with Crippen LogP contribution in [-0.2, 0) is 0 Å². The van der Waals surface area contributed by atoms with Crippen LogP contribution in [0.2, 0.25) is 0 Å². The highest BCUT2D eigenvalue weighted by atomic mass is 19.3. The molecule has 0 aliphatic carbocycles. The van der Waals surface area contributed by atoms with Gasteiger partial charge >= 0.3 is 0 Å². The fourth-order valence-electron chi connectivity index (χ4n) is 1.37. The molecule has 0 saturated heterocycles. The van der Waals surface area contributed by atoms with Crippen LogP contribution in [0.3, 0.4) is 0 Å². The molecule has 78 valence electrons. The summed E-state index contributed by atoms with van der Waals surface area (Å²) in [6, 6.07) is 6.21. The van der Waals surface area contributed by atoms with Gasteiger partial charge in [0, 0.05) is 11.6 Å². The third-order valence-electron chi connectivity index (χ3n) is 2.22. The van der Waals surface area contributed by atoms with Crippen LogP contribution >= 0.6 is 0 Å². The summed E-state index contributed by atoms with van der Waals surface area (Å²) in [4.78, 5) is 0. The molecule has 0 bridgehead atoms. The third-order valence-corrected chi connectivity index (χ3v) is 2.22. The van der Waals surface area contributed by atoms with Crippen LogP contribution in [0.5, 0.6) is 0 Å². The normalized spacial score (nSPS) is 13.2. The molecule has 0 spiro atoms. The molecule has 0 amide bonds. The summed E-state index contributed by atoms with van der Waals surface area (Å²) in [6.45, 7) is 2.05. The van der Waals surface area contributed by atoms with Crippen molar-refractivity contribution in [2.24, 2.45) is 5.73 Å². The molecule has 1 aromatic rings. The largest absolute Gasteiger partial charge is 0.324 e. The highest BCUT2D eigenvalue weighted by Crippen LogP contribution is 2.21. The van der Waals surface area contributed by atoms with E-state index in [4.69, 9.17) is 5.73 Å². The molecule has 0 fully saturated rings. The average Bonchev–Trinajstić information content (AvgIpc) is 2.18. The highest BCUT2D eigenvalue weighted by Gasteiger charge is 2.08. The van der Waals surface area contributed by atoms with Crippen molar-refractivity contribution in [1.82, 2.24) is 0 Å². The van der Waals surface area contributed by atoms with E-state index in [1.165, 1.54) is 12.1 Å². The number of nitrogens with two attached hydrogens (primary N) is 1. The van der Waals surface area contributed by atoms with Gasteiger partial charge in [-0.05, 0) is 12.0 Å². The summed E-state index contributed by atoms with van der Waals surface area (Å²) in [5.74, 6) is 0. The highest BCUT2D eigenvalue weighted by molar-refractivity contribution is 5.25. The van der Waals surface area contributed by atoms with Gasteiger partial charge < -0.3 is 5.73 Å². The number of hydrogen-bond donors (Lipinski definition) is 1. The number of rotatable bonds is 4. The zero-order valence-corrected chi connectivity index (χ0v) is 8.21. The number of hydrogen-bond acceptors (Lipinski definition) is 1. The van der Waals surface area contributed by atoms with Crippen molar-refractivity contribution in [2.45, 2.75) is 32.2 Å². The fourth-order valence-corrected chi connectivity index (χ4v) is 1.37. The zero-order valence-electron chi connectivity index (χ0n) is 8.21. The van der Waals surface area contributed by atoms with Crippen molar-refractivity contribution in [1.29, 1.82) is 0 Å². The van der Waals surface area contributed by atoms with Crippen molar-refractivity contribution in [3.05, 3.63) is 35.4 Å². The Morgan fingerprint density at radius 1 is 1.14 bits per heavy atom. The first-order chi connectivity index (χ1) is 6.65. The van der Waals surface area contributed by atoms with E-state index in [1.54, 1.807) is 12.1 Å². The van der Waals surface area contributed by atoms with Gasteiger partial charge in [-0.3, -0.25) is 0 Å². The van der Waals surface area contributed by atoms with E-state index in [-0.39, 0.29) is 11.6 Å². The molecule has 0 aliphatic heterocycles. The molecule has 3 heteroatoms. The van der Waals surface area contributed by atoms with Crippen molar-refractivity contribution >= 4 is 0 Å². The van der Waals surface area contributed by atoms with Crippen LogP contribution in [0.15, 0.2) is 24.3 Å². The molecule has 1 aromatic carbocycles.